The lowest BCUT2D eigenvalue weighted by molar-refractivity contribution is -0.115. The van der Waals surface area contributed by atoms with E-state index in [-0.39, 0.29) is 15.6 Å². The van der Waals surface area contributed by atoms with E-state index in [1.54, 1.807) is 11.8 Å². The van der Waals surface area contributed by atoms with Crippen molar-refractivity contribution in [3.05, 3.63) is 59.7 Å². The fraction of sp³-hybridized carbons (Fsp3) is 0.188. The lowest BCUT2D eigenvalue weighted by Crippen LogP contribution is -2.23. The first-order valence-electron chi connectivity index (χ1n) is 6.38. The summed E-state index contributed by atoms with van der Waals surface area (Å²) in [6, 6.07) is 16.0. The molecule has 1 amide bonds. The van der Waals surface area contributed by atoms with Gasteiger partial charge < -0.3 is 0 Å². The number of fused-ring (bicyclic) bond motifs is 2. The van der Waals surface area contributed by atoms with E-state index < -0.39 is 0 Å². The van der Waals surface area contributed by atoms with Crippen LogP contribution in [-0.4, -0.2) is 5.91 Å². The lowest BCUT2D eigenvalue weighted by Gasteiger charge is -2.23. The summed E-state index contributed by atoms with van der Waals surface area (Å²) in [6.45, 7) is 1.60. The molecule has 3 rings (SSSR count). The molecule has 4 heteroatoms. The second-order valence-electron chi connectivity index (χ2n) is 4.78. The van der Waals surface area contributed by atoms with Crippen molar-refractivity contribution in [3.63, 3.8) is 0 Å². The molecule has 1 heterocycles. The van der Waals surface area contributed by atoms with E-state index in [4.69, 9.17) is 0 Å². The van der Waals surface area contributed by atoms with Gasteiger partial charge in [-0.1, -0.05) is 68.3 Å². The highest BCUT2D eigenvalue weighted by Gasteiger charge is 2.32. The van der Waals surface area contributed by atoms with Gasteiger partial charge in [-0.3, -0.25) is 9.69 Å². The highest BCUT2D eigenvalue weighted by molar-refractivity contribution is 9.12. The van der Waals surface area contributed by atoms with Crippen LogP contribution in [-0.2, 0) is 4.79 Å². The third-order valence-corrected chi connectivity index (χ3v) is 6.27. The molecule has 1 aliphatic heterocycles. The molecule has 0 radical (unpaired) electrons. The Hall–Kier alpha value is -1.13. The van der Waals surface area contributed by atoms with Crippen molar-refractivity contribution < 1.29 is 4.79 Å². The third-order valence-electron chi connectivity index (χ3n) is 3.52. The van der Waals surface area contributed by atoms with Gasteiger partial charge in [-0.2, -0.15) is 0 Å². The predicted octanol–water partition coefficient (Wildman–Crippen LogP) is 5.26. The van der Waals surface area contributed by atoms with Crippen LogP contribution in [0, 0.1) is 0 Å². The fourth-order valence-corrected chi connectivity index (χ4v) is 3.98. The standard InChI is InChI=1S/C16H13Br2NO/c1-10(20)19-13-8-4-2-6-11(13)15(17)16(18)12-7-3-5-9-14(12)19/h2-9,15-16H,1H3/t15-,16+. The summed E-state index contributed by atoms with van der Waals surface area (Å²) in [5, 5.41) is 0. The second-order valence-corrected chi connectivity index (χ2v) is 6.75. The van der Waals surface area contributed by atoms with E-state index >= 15 is 0 Å². The van der Waals surface area contributed by atoms with Gasteiger partial charge in [-0.25, -0.2) is 0 Å². The number of rotatable bonds is 0. The van der Waals surface area contributed by atoms with Crippen molar-refractivity contribution >= 4 is 49.1 Å². The van der Waals surface area contributed by atoms with Crippen LogP contribution in [0.5, 0.6) is 0 Å². The number of alkyl halides is 2. The summed E-state index contributed by atoms with van der Waals surface area (Å²) < 4.78 is 0. The minimum absolute atomic E-state index is 0.0196. The smallest absolute Gasteiger partial charge is 0.228 e. The van der Waals surface area contributed by atoms with E-state index in [9.17, 15) is 4.79 Å². The van der Waals surface area contributed by atoms with Crippen molar-refractivity contribution in [3.8, 4) is 0 Å². The van der Waals surface area contributed by atoms with Crippen molar-refractivity contribution in [2.45, 2.75) is 16.6 Å². The first-order chi connectivity index (χ1) is 9.61. The van der Waals surface area contributed by atoms with Crippen LogP contribution in [0.25, 0.3) is 0 Å². The zero-order valence-electron chi connectivity index (χ0n) is 10.9. The number of nitrogens with zero attached hydrogens (tertiary/aromatic N) is 1. The molecule has 0 saturated carbocycles. The van der Waals surface area contributed by atoms with Crippen LogP contribution in [0.15, 0.2) is 48.5 Å². The number of hydrogen-bond donors (Lipinski definition) is 0. The zero-order valence-corrected chi connectivity index (χ0v) is 14.1. The fourth-order valence-electron chi connectivity index (χ4n) is 2.63. The Morgan fingerprint density at radius 3 is 1.70 bits per heavy atom. The van der Waals surface area contributed by atoms with Gasteiger partial charge in [0.15, 0.2) is 0 Å². The molecule has 0 saturated heterocycles. The number of carbonyl (C=O) groups is 1. The molecule has 0 aliphatic carbocycles. The number of hydrogen-bond acceptors (Lipinski definition) is 1. The van der Waals surface area contributed by atoms with Gasteiger partial charge >= 0.3 is 0 Å². The van der Waals surface area contributed by atoms with Crippen molar-refractivity contribution in [2.75, 3.05) is 4.90 Å². The number of amides is 1. The summed E-state index contributed by atoms with van der Waals surface area (Å²) in [5.41, 5.74) is 4.11. The Bertz CT molecular complexity index is 620. The minimum atomic E-state index is 0.0196. The first-order valence-corrected chi connectivity index (χ1v) is 8.21. The topological polar surface area (TPSA) is 20.3 Å². The second kappa shape index (κ2) is 5.34. The molecule has 0 fully saturated rings. The number of para-hydroxylation sites is 2. The first kappa shape index (κ1) is 13.8. The molecule has 0 bridgehead atoms. The van der Waals surface area contributed by atoms with Crippen LogP contribution < -0.4 is 4.90 Å². The van der Waals surface area contributed by atoms with Gasteiger partial charge in [0.1, 0.15) is 0 Å². The number of halogens is 2. The summed E-state index contributed by atoms with van der Waals surface area (Å²) in [7, 11) is 0. The normalized spacial score (nSPS) is 20.9. The average Bonchev–Trinajstić information content (AvgIpc) is 2.55. The van der Waals surface area contributed by atoms with Crippen LogP contribution in [0.2, 0.25) is 0 Å². The van der Waals surface area contributed by atoms with Gasteiger partial charge in [0.25, 0.3) is 0 Å². The Morgan fingerprint density at radius 2 is 1.30 bits per heavy atom. The molecule has 1 aliphatic rings. The van der Waals surface area contributed by atoms with E-state index in [0.29, 0.717) is 0 Å². The molecule has 0 N–H and O–H groups in total. The van der Waals surface area contributed by atoms with Crippen molar-refractivity contribution in [1.82, 2.24) is 0 Å². The maximum Gasteiger partial charge on any atom is 0.228 e. The number of carbonyl (C=O) groups excluding carboxylic acids is 1. The highest BCUT2D eigenvalue weighted by Crippen LogP contribution is 2.52. The van der Waals surface area contributed by atoms with Gasteiger partial charge in [0.05, 0.1) is 21.0 Å². The average molecular weight is 395 g/mol. The van der Waals surface area contributed by atoms with Gasteiger partial charge in [-0.15, -0.1) is 0 Å². The molecule has 2 aromatic rings. The molecule has 2 aromatic carbocycles. The lowest BCUT2D eigenvalue weighted by atomic mass is 10.0. The van der Waals surface area contributed by atoms with E-state index in [1.807, 2.05) is 36.4 Å². The van der Waals surface area contributed by atoms with Crippen LogP contribution in [0.1, 0.15) is 27.7 Å². The molecular formula is C16H13Br2NO. The number of benzene rings is 2. The summed E-state index contributed by atoms with van der Waals surface area (Å²) in [5.74, 6) is 0.0196. The van der Waals surface area contributed by atoms with Gasteiger partial charge in [0.2, 0.25) is 5.91 Å². The zero-order chi connectivity index (χ0) is 14.3. The Labute approximate surface area is 135 Å². The van der Waals surface area contributed by atoms with Crippen LogP contribution in [0.4, 0.5) is 11.4 Å². The maximum absolute atomic E-state index is 12.2. The summed E-state index contributed by atoms with van der Waals surface area (Å²) >= 11 is 7.53. The maximum atomic E-state index is 12.2. The predicted molar refractivity (Wildman–Crippen MR) is 89.0 cm³/mol. The van der Waals surface area contributed by atoms with E-state index in [1.165, 1.54) is 0 Å². The molecule has 2 nitrogen and oxygen atoms in total. The van der Waals surface area contributed by atoms with Crippen LogP contribution >= 0.6 is 31.9 Å². The molecule has 0 aromatic heterocycles. The van der Waals surface area contributed by atoms with Crippen molar-refractivity contribution in [1.29, 1.82) is 0 Å². The van der Waals surface area contributed by atoms with E-state index in [0.717, 1.165) is 22.5 Å². The molecular weight excluding hydrogens is 382 g/mol. The molecule has 0 unspecified atom stereocenters. The minimum Gasteiger partial charge on any atom is -0.281 e. The van der Waals surface area contributed by atoms with Gasteiger partial charge in [0, 0.05) is 6.92 Å². The number of anilines is 2. The quantitative estimate of drug-likeness (QED) is 0.558. The largest absolute Gasteiger partial charge is 0.281 e. The molecule has 2 atom stereocenters. The Kier molecular flexibility index (Phi) is 3.69. The summed E-state index contributed by atoms with van der Waals surface area (Å²) in [6.07, 6.45) is 0. The molecule has 102 valence electrons. The molecule has 0 spiro atoms. The SMILES string of the molecule is CC(=O)N1c2ccccc2[C@@H](Br)[C@@H](Br)c2ccccc21. The monoisotopic (exact) mass is 393 g/mol. The highest BCUT2D eigenvalue weighted by atomic mass is 79.9. The van der Waals surface area contributed by atoms with Crippen LogP contribution in [0.3, 0.4) is 0 Å². The third kappa shape index (κ3) is 2.11. The Morgan fingerprint density at radius 1 is 0.900 bits per heavy atom. The van der Waals surface area contributed by atoms with E-state index in [2.05, 4.69) is 44.0 Å². The molecule has 20 heavy (non-hydrogen) atoms. The Balaban J connectivity index is 2.33. The van der Waals surface area contributed by atoms with Gasteiger partial charge in [-0.05, 0) is 23.3 Å². The van der Waals surface area contributed by atoms with Crippen molar-refractivity contribution in [2.24, 2.45) is 0 Å². The summed E-state index contributed by atoms with van der Waals surface area (Å²) in [4.78, 5) is 14.2.